The fourth-order valence-electron chi connectivity index (χ4n) is 2.70. The average molecular weight is 381 g/mol. The Balaban J connectivity index is 1.59. The first-order chi connectivity index (χ1) is 12.1. The van der Waals surface area contributed by atoms with Gasteiger partial charge in [-0.15, -0.1) is 0 Å². The number of benzene rings is 2. The number of halogens is 1. The highest BCUT2D eigenvalue weighted by atomic mass is 35.5. The summed E-state index contributed by atoms with van der Waals surface area (Å²) in [4.78, 5) is 0.323. The third-order valence-electron chi connectivity index (χ3n) is 4.13. The van der Waals surface area contributed by atoms with Gasteiger partial charge in [0.15, 0.2) is 0 Å². The van der Waals surface area contributed by atoms with Crippen LogP contribution in [-0.2, 0) is 27.8 Å². The molecule has 2 aromatic rings. The van der Waals surface area contributed by atoms with Gasteiger partial charge >= 0.3 is 0 Å². The Morgan fingerprint density at radius 1 is 1.00 bits per heavy atom. The molecule has 0 atom stereocenters. The second-order valence-corrected chi connectivity index (χ2v) is 8.20. The molecule has 7 heteroatoms. The quantitative estimate of drug-likeness (QED) is 0.837. The van der Waals surface area contributed by atoms with E-state index >= 15 is 0 Å². The van der Waals surface area contributed by atoms with E-state index in [1.54, 1.807) is 12.1 Å². The van der Waals surface area contributed by atoms with Gasteiger partial charge in [-0.3, -0.25) is 0 Å². The van der Waals surface area contributed by atoms with Crippen molar-refractivity contribution in [3.05, 3.63) is 64.7 Å². The van der Waals surface area contributed by atoms with Crippen molar-refractivity contribution in [2.24, 2.45) is 0 Å². The fraction of sp³-hybridized carbons (Fsp3) is 0.333. The molecule has 1 fully saturated rings. The number of hydrogen-bond donors (Lipinski definition) is 1. The molecule has 1 saturated heterocycles. The number of hydrogen-bond acceptors (Lipinski definition) is 4. The maximum Gasteiger partial charge on any atom is 0.243 e. The molecule has 3 rings (SSSR count). The molecule has 0 unspecified atom stereocenters. The van der Waals surface area contributed by atoms with Crippen molar-refractivity contribution < 1.29 is 13.2 Å². The van der Waals surface area contributed by atoms with Gasteiger partial charge in [-0.1, -0.05) is 41.9 Å². The first kappa shape index (κ1) is 18.4. The molecule has 0 aromatic heterocycles. The van der Waals surface area contributed by atoms with E-state index in [-0.39, 0.29) is 0 Å². The van der Waals surface area contributed by atoms with Crippen LogP contribution in [-0.4, -0.2) is 39.0 Å². The second kappa shape index (κ2) is 8.29. The van der Waals surface area contributed by atoms with Crippen molar-refractivity contribution in [1.29, 1.82) is 0 Å². The summed E-state index contributed by atoms with van der Waals surface area (Å²) in [5.41, 5.74) is 2.06. The smallest absolute Gasteiger partial charge is 0.243 e. The first-order valence-corrected chi connectivity index (χ1v) is 10.00. The normalized spacial score (nSPS) is 16.0. The topological polar surface area (TPSA) is 58.6 Å². The Morgan fingerprint density at radius 3 is 2.36 bits per heavy atom. The molecule has 2 aromatic carbocycles. The van der Waals surface area contributed by atoms with E-state index in [0.29, 0.717) is 44.3 Å². The van der Waals surface area contributed by atoms with Gasteiger partial charge in [-0.2, -0.15) is 4.31 Å². The van der Waals surface area contributed by atoms with Gasteiger partial charge < -0.3 is 10.1 Å². The molecule has 0 spiro atoms. The molecule has 134 valence electrons. The largest absolute Gasteiger partial charge is 0.379 e. The van der Waals surface area contributed by atoms with Crippen LogP contribution in [0.25, 0.3) is 0 Å². The molecule has 0 aliphatic carbocycles. The highest BCUT2D eigenvalue weighted by Crippen LogP contribution is 2.18. The van der Waals surface area contributed by atoms with Crippen LogP contribution in [0.5, 0.6) is 0 Å². The van der Waals surface area contributed by atoms with Gasteiger partial charge in [0.2, 0.25) is 10.0 Å². The van der Waals surface area contributed by atoms with Crippen LogP contribution in [0.4, 0.5) is 0 Å². The lowest BCUT2D eigenvalue weighted by Gasteiger charge is -2.26. The lowest BCUT2D eigenvalue weighted by atomic mass is 10.2. The summed E-state index contributed by atoms with van der Waals surface area (Å²) in [6, 6.07) is 14.7. The summed E-state index contributed by atoms with van der Waals surface area (Å²) >= 11 is 6.13. The Hall–Kier alpha value is -1.44. The minimum Gasteiger partial charge on any atom is -0.379 e. The van der Waals surface area contributed by atoms with E-state index in [2.05, 4.69) is 5.32 Å². The zero-order valence-electron chi connectivity index (χ0n) is 13.8. The maximum absolute atomic E-state index is 12.6. The zero-order chi connectivity index (χ0) is 17.7. The summed E-state index contributed by atoms with van der Waals surface area (Å²) in [7, 11) is -3.43. The van der Waals surface area contributed by atoms with Crippen molar-refractivity contribution in [2.75, 3.05) is 26.3 Å². The van der Waals surface area contributed by atoms with Gasteiger partial charge in [0, 0.05) is 31.2 Å². The van der Waals surface area contributed by atoms with Crippen LogP contribution < -0.4 is 5.32 Å². The number of morpholine rings is 1. The number of rotatable bonds is 6. The third kappa shape index (κ3) is 4.59. The third-order valence-corrected chi connectivity index (χ3v) is 6.42. The maximum atomic E-state index is 12.6. The van der Waals surface area contributed by atoms with Crippen LogP contribution in [0.2, 0.25) is 5.02 Å². The molecule has 0 saturated carbocycles. The zero-order valence-corrected chi connectivity index (χ0v) is 15.4. The van der Waals surface area contributed by atoms with E-state index in [1.165, 1.54) is 4.31 Å². The van der Waals surface area contributed by atoms with Gasteiger partial charge in [0.1, 0.15) is 0 Å². The molecule has 0 radical (unpaired) electrons. The van der Waals surface area contributed by atoms with Crippen LogP contribution in [0, 0.1) is 0 Å². The molecule has 5 nitrogen and oxygen atoms in total. The summed E-state index contributed by atoms with van der Waals surface area (Å²) in [6.07, 6.45) is 0. The Morgan fingerprint density at radius 2 is 1.68 bits per heavy atom. The van der Waals surface area contributed by atoms with Crippen LogP contribution in [0.15, 0.2) is 53.4 Å². The summed E-state index contributed by atoms with van der Waals surface area (Å²) in [6.45, 7) is 3.01. The molecule has 1 aliphatic rings. The molecule has 0 bridgehead atoms. The molecule has 25 heavy (non-hydrogen) atoms. The highest BCUT2D eigenvalue weighted by molar-refractivity contribution is 7.89. The Bertz CT molecular complexity index is 803. The van der Waals surface area contributed by atoms with Gasteiger partial charge in [-0.05, 0) is 29.3 Å². The van der Waals surface area contributed by atoms with Crippen LogP contribution >= 0.6 is 11.6 Å². The van der Waals surface area contributed by atoms with Gasteiger partial charge in [0.25, 0.3) is 0 Å². The number of nitrogens with one attached hydrogen (secondary N) is 1. The standard InChI is InChI=1S/C18H21ClN2O3S/c19-18-4-2-1-3-16(18)14-20-13-15-5-7-17(8-6-15)25(22,23)21-9-11-24-12-10-21/h1-8,20H,9-14H2. The van der Waals surface area contributed by atoms with Crippen molar-refractivity contribution in [1.82, 2.24) is 9.62 Å². The molecule has 1 aliphatic heterocycles. The predicted molar refractivity (Wildman–Crippen MR) is 98.0 cm³/mol. The van der Waals surface area contributed by atoms with E-state index in [4.69, 9.17) is 16.3 Å². The fourth-order valence-corrected chi connectivity index (χ4v) is 4.31. The van der Waals surface area contributed by atoms with Crippen LogP contribution in [0.3, 0.4) is 0 Å². The van der Waals surface area contributed by atoms with Crippen molar-refractivity contribution in [3.8, 4) is 0 Å². The summed E-state index contributed by atoms with van der Waals surface area (Å²) in [5, 5.41) is 4.06. The first-order valence-electron chi connectivity index (χ1n) is 8.18. The SMILES string of the molecule is O=S(=O)(c1ccc(CNCc2ccccc2Cl)cc1)N1CCOCC1. The van der Waals surface area contributed by atoms with E-state index in [1.807, 2.05) is 36.4 Å². The lowest BCUT2D eigenvalue weighted by Crippen LogP contribution is -2.40. The highest BCUT2D eigenvalue weighted by Gasteiger charge is 2.25. The molecule has 1 heterocycles. The van der Waals surface area contributed by atoms with Gasteiger partial charge in [0.05, 0.1) is 18.1 Å². The number of nitrogens with zero attached hydrogens (tertiary/aromatic N) is 1. The van der Waals surface area contributed by atoms with E-state index in [9.17, 15) is 8.42 Å². The van der Waals surface area contributed by atoms with Crippen molar-refractivity contribution in [3.63, 3.8) is 0 Å². The minimum absolute atomic E-state index is 0.323. The summed E-state index contributed by atoms with van der Waals surface area (Å²) < 4.78 is 31.8. The number of ether oxygens (including phenoxy) is 1. The molecule has 1 N–H and O–H groups in total. The van der Waals surface area contributed by atoms with Crippen LogP contribution in [0.1, 0.15) is 11.1 Å². The average Bonchev–Trinajstić information content (AvgIpc) is 2.64. The van der Waals surface area contributed by atoms with E-state index in [0.717, 1.165) is 16.1 Å². The van der Waals surface area contributed by atoms with Crippen molar-refractivity contribution >= 4 is 21.6 Å². The summed E-state index contributed by atoms with van der Waals surface area (Å²) in [5.74, 6) is 0. The second-order valence-electron chi connectivity index (χ2n) is 5.86. The minimum atomic E-state index is -3.43. The molecular formula is C18H21ClN2O3S. The molecular weight excluding hydrogens is 360 g/mol. The monoisotopic (exact) mass is 380 g/mol. The predicted octanol–water partition coefficient (Wildman–Crippen LogP) is 2.65. The Kier molecular flexibility index (Phi) is 6.09. The molecule has 0 amide bonds. The van der Waals surface area contributed by atoms with Crippen molar-refractivity contribution in [2.45, 2.75) is 18.0 Å². The Labute approximate surface area is 153 Å². The van der Waals surface area contributed by atoms with Gasteiger partial charge in [-0.25, -0.2) is 8.42 Å². The number of sulfonamides is 1. The van der Waals surface area contributed by atoms with E-state index < -0.39 is 10.0 Å². The lowest BCUT2D eigenvalue weighted by molar-refractivity contribution is 0.0730.